The summed E-state index contributed by atoms with van der Waals surface area (Å²) in [4.78, 5) is 13.7. The largest absolute Gasteiger partial charge is 0.478 e. The topological polar surface area (TPSA) is 88.4 Å². The zero-order chi connectivity index (χ0) is 15.5. The summed E-state index contributed by atoms with van der Waals surface area (Å²) in [6.45, 7) is 2.01. The van der Waals surface area contributed by atoms with Crippen LogP contribution >= 0.6 is 0 Å². The van der Waals surface area contributed by atoms with E-state index in [4.69, 9.17) is 5.11 Å². The minimum Gasteiger partial charge on any atom is -0.478 e. The number of carboxylic acids is 1. The van der Waals surface area contributed by atoms with Crippen molar-refractivity contribution >= 4 is 16.0 Å². The highest BCUT2D eigenvalue weighted by atomic mass is 32.2. The minimum absolute atomic E-state index is 0.0297. The number of nitrogens with one attached hydrogen (secondary N) is 1. The maximum Gasteiger partial charge on any atom is 0.332 e. The summed E-state index contributed by atoms with van der Waals surface area (Å²) in [6.07, 6.45) is 6.41. The zero-order valence-electron chi connectivity index (χ0n) is 11.9. The van der Waals surface area contributed by atoms with E-state index in [-0.39, 0.29) is 5.57 Å². The highest BCUT2D eigenvalue weighted by molar-refractivity contribution is 7.93. The Labute approximate surface area is 124 Å². The van der Waals surface area contributed by atoms with Gasteiger partial charge in [0.1, 0.15) is 5.25 Å². The molecule has 0 fully saturated rings. The summed E-state index contributed by atoms with van der Waals surface area (Å²) in [7, 11) is -3.78. The van der Waals surface area contributed by atoms with E-state index >= 15 is 0 Å². The van der Waals surface area contributed by atoms with Gasteiger partial charge in [0.2, 0.25) is 0 Å². The van der Waals surface area contributed by atoms with Crippen LogP contribution in [0.3, 0.4) is 0 Å². The van der Waals surface area contributed by atoms with E-state index in [1.54, 1.807) is 12.3 Å². The van der Waals surface area contributed by atoms with Crippen LogP contribution in [0.25, 0.3) is 0 Å². The molecule has 0 saturated carbocycles. The summed E-state index contributed by atoms with van der Waals surface area (Å²) in [5.41, 5.74) is 0.829. The van der Waals surface area contributed by atoms with Gasteiger partial charge in [-0.05, 0) is 37.8 Å². The van der Waals surface area contributed by atoms with Crippen molar-refractivity contribution in [3.63, 3.8) is 0 Å². The monoisotopic (exact) mass is 312 g/mol. The molecule has 6 nitrogen and oxygen atoms in total. The van der Waals surface area contributed by atoms with Crippen molar-refractivity contribution in [1.29, 1.82) is 0 Å². The number of carbonyl (C=O) groups is 1. The van der Waals surface area contributed by atoms with Crippen molar-refractivity contribution in [3.8, 4) is 0 Å². The summed E-state index contributed by atoms with van der Waals surface area (Å²) in [5, 5.41) is 8.17. The second-order valence-electron chi connectivity index (χ2n) is 5.14. The fraction of sp³-hybridized carbons (Fsp3) is 0.500. The first-order valence-electron chi connectivity index (χ1n) is 7.07. The lowest BCUT2D eigenvalue weighted by Gasteiger charge is -2.23. The second-order valence-corrected chi connectivity index (χ2v) is 6.98. The molecule has 1 aromatic rings. The molecule has 1 heterocycles. The molecular formula is C14H20N2O4S. The molecule has 116 valence electrons. The van der Waals surface area contributed by atoms with Crippen LogP contribution in [0.5, 0.6) is 0 Å². The van der Waals surface area contributed by atoms with Gasteiger partial charge in [-0.2, -0.15) is 0 Å². The molecule has 0 aromatic carbocycles. The molecule has 2 N–H and O–H groups in total. The normalized spacial score (nSPS) is 19.1. The van der Waals surface area contributed by atoms with Crippen molar-refractivity contribution in [2.45, 2.75) is 44.3 Å². The van der Waals surface area contributed by atoms with Crippen molar-refractivity contribution in [2.75, 3.05) is 4.83 Å². The number of sulfonamides is 1. The molecule has 1 aliphatic rings. The molecular weight excluding hydrogens is 292 g/mol. The van der Waals surface area contributed by atoms with E-state index in [2.05, 4.69) is 4.83 Å². The van der Waals surface area contributed by atoms with Gasteiger partial charge < -0.3 is 5.11 Å². The van der Waals surface area contributed by atoms with E-state index in [0.29, 0.717) is 19.3 Å². The molecule has 1 atom stereocenters. The van der Waals surface area contributed by atoms with Crippen LogP contribution < -0.4 is 4.83 Å². The van der Waals surface area contributed by atoms with Gasteiger partial charge in [-0.3, -0.25) is 4.68 Å². The van der Waals surface area contributed by atoms with E-state index in [0.717, 1.165) is 18.5 Å². The van der Waals surface area contributed by atoms with Crippen LogP contribution in [-0.4, -0.2) is 29.4 Å². The Kier molecular flexibility index (Phi) is 4.72. The van der Waals surface area contributed by atoms with Gasteiger partial charge in [0.25, 0.3) is 10.0 Å². The third-order valence-electron chi connectivity index (χ3n) is 3.57. The lowest BCUT2D eigenvalue weighted by atomic mass is 9.99. The molecule has 0 saturated heterocycles. The number of carboxylic acid groups (broad SMARTS) is 1. The molecule has 0 spiro atoms. The maximum absolute atomic E-state index is 12.5. The van der Waals surface area contributed by atoms with Crippen LogP contribution in [0.1, 0.15) is 38.3 Å². The Morgan fingerprint density at radius 3 is 2.95 bits per heavy atom. The molecule has 1 aliphatic carbocycles. The summed E-state index contributed by atoms with van der Waals surface area (Å²) >= 11 is 0. The fourth-order valence-corrected chi connectivity index (χ4v) is 4.15. The summed E-state index contributed by atoms with van der Waals surface area (Å²) in [6, 6.07) is 3.61. The zero-order valence-corrected chi connectivity index (χ0v) is 12.8. The number of rotatable bonds is 6. The molecule has 2 rings (SSSR count). The lowest BCUT2D eigenvalue weighted by Crippen LogP contribution is -2.37. The summed E-state index contributed by atoms with van der Waals surface area (Å²) in [5.74, 6) is -1.16. The third kappa shape index (κ3) is 3.47. The van der Waals surface area contributed by atoms with E-state index < -0.39 is 21.2 Å². The second kappa shape index (κ2) is 6.34. The van der Waals surface area contributed by atoms with Crippen LogP contribution in [0.2, 0.25) is 0 Å². The van der Waals surface area contributed by atoms with Crippen LogP contribution in [0.15, 0.2) is 30.0 Å². The van der Waals surface area contributed by atoms with Gasteiger partial charge in [0, 0.05) is 11.9 Å². The predicted molar refractivity (Wildman–Crippen MR) is 80.1 cm³/mol. The molecule has 1 aromatic heterocycles. The standard InChI is InChI=1S/C14H20N2O4S/c1-2-6-11-7-5-10-16(11)15-21(19,20)13-9-4-3-8-12(13)14(17)18/h5,7-8,10,13,15H,2-4,6,9H2,1H3,(H,17,18). The van der Waals surface area contributed by atoms with Gasteiger partial charge in [-0.15, -0.1) is 0 Å². The van der Waals surface area contributed by atoms with Crippen molar-refractivity contribution in [3.05, 3.63) is 35.7 Å². The molecule has 7 heteroatoms. The van der Waals surface area contributed by atoms with Gasteiger partial charge in [-0.1, -0.05) is 19.4 Å². The number of allylic oxidation sites excluding steroid dienone is 1. The SMILES string of the molecule is CCCc1cccn1NS(=O)(=O)C1CCCC=C1C(=O)O. The molecule has 0 bridgehead atoms. The maximum atomic E-state index is 12.5. The van der Waals surface area contributed by atoms with Gasteiger partial charge in [0.05, 0.1) is 5.57 Å². The van der Waals surface area contributed by atoms with Crippen LogP contribution in [0.4, 0.5) is 0 Å². The Morgan fingerprint density at radius 2 is 2.29 bits per heavy atom. The van der Waals surface area contributed by atoms with Crippen LogP contribution in [-0.2, 0) is 21.2 Å². The van der Waals surface area contributed by atoms with Gasteiger partial charge in [0.15, 0.2) is 0 Å². The Hall–Kier alpha value is -1.76. The van der Waals surface area contributed by atoms with Gasteiger partial charge >= 0.3 is 5.97 Å². The lowest BCUT2D eigenvalue weighted by molar-refractivity contribution is -0.132. The number of aliphatic carboxylic acids is 1. The number of hydrogen-bond donors (Lipinski definition) is 2. The van der Waals surface area contributed by atoms with E-state index in [1.165, 1.54) is 10.8 Å². The summed E-state index contributed by atoms with van der Waals surface area (Å²) < 4.78 is 26.4. The van der Waals surface area contributed by atoms with E-state index in [1.807, 2.05) is 13.0 Å². The molecule has 0 amide bonds. The first-order valence-corrected chi connectivity index (χ1v) is 8.61. The smallest absolute Gasteiger partial charge is 0.332 e. The average Bonchev–Trinajstić information content (AvgIpc) is 2.86. The Morgan fingerprint density at radius 1 is 1.52 bits per heavy atom. The fourth-order valence-electron chi connectivity index (χ4n) is 2.56. The number of nitrogens with zero attached hydrogens (tertiary/aromatic N) is 1. The first-order chi connectivity index (χ1) is 9.95. The average molecular weight is 312 g/mol. The predicted octanol–water partition coefficient (Wildman–Crippen LogP) is 1.88. The van der Waals surface area contributed by atoms with Crippen molar-refractivity contribution in [1.82, 2.24) is 4.68 Å². The molecule has 21 heavy (non-hydrogen) atoms. The van der Waals surface area contributed by atoms with Crippen LogP contribution in [0, 0.1) is 0 Å². The third-order valence-corrected chi connectivity index (χ3v) is 5.26. The molecule has 0 aliphatic heterocycles. The minimum atomic E-state index is -3.78. The van der Waals surface area contributed by atoms with Crippen molar-refractivity contribution in [2.24, 2.45) is 0 Å². The number of aryl methyl sites for hydroxylation is 1. The highest BCUT2D eigenvalue weighted by Gasteiger charge is 2.34. The quantitative estimate of drug-likeness (QED) is 0.839. The number of aromatic nitrogens is 1. The van der Waals surface area contributed by atoms with Crippen molar-refractivity contribution < 1.29 is 18.3 Å². The highest BCUT2D eigenvalue weighted by Crippen LogP contribution is 2.25. The van der Waals surface area contributed by atoms with Gasteiger partial charge in [-0.25, -0.2) is 18.0 Å². The number of hydrogen-bond acceptors (Lipinski definition) is 3. The Balaban J connectivity index is 2.25. The first kappa shape index (κ1) is 15.6. The molecule has 1 unspecified atom stereocenters. The van der Waals surface area contributed by atoms with E-state index in [9.17, 15) is 13.2 Å². The Bertz CT molecular complexity index is 646. The molecule has 0 radical (unpaired) electrons.